The standard InChI is InChI=1S/C19H20BrClN6O.2C17H21BrN6O2.C13H12BrN5O.C13H12BrN5S/c20-14-10-24-27-17(23-9-12-4-3-7-26(11-12)19(22)28)8-16(25-18(14)27)13-5-1-2-6-15(13)21;2*1-2-4-13(11-25)21-15-7-16(24-17(22-15)14(18)9-20-24)19-8-12-5-3-6-23(26)10-12;2*1-20-12-5-11(16-7-9-3-2-4-15-6-9)19-13(18-12)10(14)8-17-19/h1-2,5-6,8,10,12,23H,3-4,7,9,11H2,(H2,22,28);2*3,5-7,9-10,13,19,25H,2,4,8,11H2,1H3,(H,21,22);2*2-6,8,16H,7H2,1H3/t;2*13-;;/m.10../s1. The third-order valence-electron chi connectivity index (χ3n) is 18.5. The molecule has 1 aromatic carbocycles. The molecule has 15 heterocycles. The van der Waals surface area contributed by atoms with Crippen molar-refractivity contribution >= 4 is 178 Å². The molecule has 3 atom stereocenters. The summed E-state index contributed by atoms with van der Waals surface area (Å²) in [5.41, 5.74) is 14.5. The zero-order valence-electron chi connectivity index (χ0n) is 65.4. The highest BCUT2D eigenvalue weighted by Gasteiger charge is 2.24. The zero-order chi connectivity index (χ0) is 84.6. The van der Waals surface area contributed by atoms with Crippen LogP contribution in [0.5, 0.6) is 5.88 Å². The van der Waals surface area contributed by atoms with Crippen molar-refractivity contribution in [3.8, 4) is 17.1 Å². The Kier molecular flexibility index (Phi) is 32.0. The van der Waals surface area contributed by atoms with E-state index in [0.29, 0.717) is 90.3 Å². The van der Waals surface area contributed by atoms with Gasteiger partial charge in [-0.25, -0.2) is 24.7 Å². The maximum atomic E-state index is 11.5. The summed E-state index contributed by atoms with van der Waals surface area (Å²) in [5, 5.41) is 88.4. The number of methoxy groups -OCH3 is 1. The van der Waals surface area contributed by atoms with E-state index in [-0.39, 0.29) is 31.3 Å². The summed E-state index contributed by atoms with van der Waals surface area (Å²) in [7, 11) is 1.59. The fourth-order valence-electron chi connectivity index (χ4n) is 12.6. The number of amides is 2. The number of piperidine rings is 1. The molecule has 1 fully saturated rings. The van der Waals surface area contributed by atoms with Gasteiger partial charge in [-0.15, -0.1) is 11.8 Å². The number of pyridine rings is 4. The number of nitrogens with two attached hydrogens (primary N) is 1. The molecule has 1 saturated heterocycles. The van der Waals surface area contributed by atoms with Gasteiger partial charge in [-0.3, -0.25) is 9.97 Å². The average molecular weight is 1990 g/mol. The Balaban J connectivity index is 0.000000138. The summed E-state index contributed by atoms with van der Waals surface area (Å²) in [6.07, 6.45) is 29.3. The molecule has 34 nitrogen and oxygen atoms in total. The molecule has 16 rings (SSSR count). The lowest BCUT2D eigenvalue weighted by molar-refractivity contribution is -0.606. The van der Waals surface area contributed by atoms with Crippen molar-refractivity contribution in [2.24, 2.45) is 11.7 Å². The van der Waals surface area contributed by atoms with E-state index in [9.17, 15) is 25.4 Å². The highest BCUT2D eigenvalue weighted by atomic mass is 79.9. The van der Waals surface area contributed by atoms with E-state index in [1.807, 2.05) is 110 Å². The number of urea groups is 1. The Labute approximate surface area is 740 Å². The van der Waals surface area contributed by atoms with Crippen LogP contribution in [-0.2, 0) is 26.2 Å². The SMILES string of the molecule is CCC[C@@H](CO)Nc1cc(NCc2ccc[n+]([O-])c2)n2ncc(Br)c2n1.CCC[C@H](CO)Nc1cc(NCc2ccc[n+]([O-])c2)n2ncc(Br)c2n1.COc1cc(NCc2cccnc2)n2ncc(Br)c2n1.CSc1cc(NCc2cccnc2)n2ncc(Br)c2n1.NC(=O)N1CCCC(CNc2cc(-c3ccccc3Cl)nc3c(Br)cnn23)C1. The van der Waals surface area contributed by atoms with Crippen molar-refractivity contribution in [2.45, 2.75) is 95.7 Å². The number of fused-ring (bicyclic) bond motifs is 5. The molecule has 15 aromatic rings. The van der Waals surface area contributed by atoms with Crippen LogP contribution in [0.2, 0.25) is 5.02 Å². The van der Waals surface area contributed by atoms with Crippen LogP contribution in [-0.4, -0.2) is 162 Å². The molecule has 0 bridgehead atoms. The number of aliphatic hydroxyl groups is 2. The number of carbonyl (C=O) groups is 1. The van der Waals surface area contributed by atoms with Gasteiger partial charge < -0.3 is 73.2 Å². The van der Waals surface area contributed by atoms with Crippen molar-refractivity contribution < 1.29 is 29.2 Å². The number of thioether (sulfide) groups is 1. The highest BCUT2D eigenvalue weighted by Crippen LogP contribution is 2.33. The second kappa shape index (κ2) is 43.4. The van der Waals surface area contributed by atoms with Crippen LogP contribution < -0.4 is 57.1 Å². The molecular weight excluding hydrogens is 1900 g/mol. The summed E-state index contributed by atoms with van der Waals surface area (Å²) in [5.74, 6) is 6.17. The fourth-order valence-corrected chi connectivity index (χ4v) is 15.0. The third-order valence-corrected chi connectivity index (χ3v) is 22.3. The lowest BCUT2D eigenvalue weighted by atomic mass is 9.98. The monoisotopic (exact) mass is 1980 g/mol. The molecule has 0 saturated carbocycles. The van der Waals surface area contributed by atoms with Crippen molar-refractivity contribution in [1.82, 2.24) is 87.9 Å². The van der Waals surface area contributed by atoms with Gasteiger partial charge >= 0.3 is 6.03 Å². The number of anilines is 7. The van der Waals surface area contributed by atoms with Gasteiger partial charge in [0.2, 0.25) is 5.88 Å². The van der Waals surface area contributed by atoms with Crippen molar-refractivity contribution in [3.63, 3.8) is 0 Å². The van der Waals surface area contributed by atoms with Crippen LogP contribution in [0.25, 0.3) is 39.5 Å². The first-order valence-corrected chi connectivity index (χ1v) is 43.5. The first-order valence-electron chi connectivity index (χ1n) is 37.9. The van der Waals surface area contributed by atoms with Gasteiger partial charge in [-0.1, -0.05) is 68.6 Å². The minimum atomic E-state index is -0.354. The number of ether oxygens (including phenoxy) is 1. The number of primary amides is 1. The Bertz CT molecular complexity index is 5630. The molecule has 14 aromatic heterocycles. The number of aliphatic hydroxyl groups excluding tert-OH is 2. The van der Waals surface area contributed by atoms with E-state index in [4.69, 9.17) is 27.1 Å². The fraction of sp³-hybridized carbons (Fsp3) is 0.278. The molecule has 11 N–H and O–H groups in total. The largest absolute Gasteiger partial charge is 0.619 e. The number of carbonyl (C=O) groups excluding carboxylic acids is 1. The zero-order valence-corrected chi connectivity index (χ0v) is 74.9. The normalized spacial score (nSPS) is 12.9. The van der Waals surface area contributed by atoms with Crippen molar-refractivity contribution in [3.05, 3.63) is 244 Å². The van der Waals surface area contributed by atoms with Crippen molar-refractivity contribution in [2.75, 3.05) is 83.4 Å². The van der Waals surface area contributed by atoms with Crippen LogP contribution in [0, 0.1) is 16.3 Å². The summed E-state index contributed by atoms with van der Waals surface area (Å²) < 4.78 is 19.5. The number of hydrogen-bond acceptors (Lipinski definition) is 26. The van der Waals surface area contributed by atoms with E-state index < -0.39 is 0 Å². The second-order valence-corrected chi connectivity index (χ2v) is 32.7. The minimum Gasteiger partial charge on any atom is -0.619 e. The number of halogens is 6. The Morgan fingerprint density at radius 2 is 1.00 bits per heavy atom. The van der Waals surface area contributed by atoms with Gasteiger partial charge in [-0.2, -0.15) is 62.5 Å². The topological polar surface area (TPSA) is 411 Å². The number of nitrogens with one attached hydrogen (secondary N) is 7. The summed E-state index contributed by atoms with van der Waals surface area (Å²) in [4.78, 5) is 44.1. The van der Waals surface area contributed by atoms with Gasteiger partial charge in [0.05, 0.1) is 91.4 Å². The van der Waals surface area contributed by atoms with Gasteiger partial charge in [-0.05, 0) is 159 Å². The highest BCUT2D eigenvalue weighted by molar-refractivity contribution is 9.11. The van der Waals surface area contributed by atoms with Crippen LogP contribution in [0.4, 0.5) is 45.5 Å². The Morgan fingerprint density at radius 1 is 0.567 bits per heavy atom. The number of rotatable bonds is 28. The van der Waals surface area contributed by atoms with E-state index in [1.54, 1.807) is 102 Å². The predicted octanol–water partition coefficient (Wildman–Crippen LogP) is 14.4. The van der Waals surface area contributed by atoms with Gasteiger partial charge in [0.25, 0.3) is 0 Å². The Hall–Kier alpha value is -10.9. The van der Waals surface area contributed by atoms with Crippen molar-refractivity contribution in [1.29, 1.82) is 0 Å². The molecule has 1 unspecified atom stereocenters. The smallest absolute Gasteiger partial charge is 0.314 e. The lowest BCUT2D eigenvalue weighted by Crippen LogP contribution is -2.44. The molecular formula is C79H86Br5ClN28O6S. The molecule has 120 heavy (non-hydrogen) atoms. The van der Waals surface area contributed by atoms with Crippen LogP contribution >= 0.6 is 103 Å². The number of hydrogen-bond donors (Lipinski definition) is 10. The molecule has 1 aliphatic heterocycles. The molecule has 2 amide bonds. The quantitative estimate of drug-likeness (QED) is 0.00942. The second-order valence-electron chi connectivity index (χ2n) is 27.1. The van der Waals surface area contributed by atoms with Gasteiger partial charge in [0.1, 0.15) is 45.8 Å². The molecule has 0 radical (unpaired) electrons. The van der Waals surface area contributed by atoms with Crippen LogP contribution in [0.3, 0.4) is 0 Å². The number of nitrogens with zero attached hydrogens (tertiary/aromatic N) is 20. The maximum absolute atomic E-state index is 11.5. The van der Waals surface area contributed by atoms with E-state index >= 15 is 0 Å². The lowest BCUT2D eigenvalue weighted by Gasteiger charge is -2.31. The number of benzene rings is 1. The van der Waals surface area contributed by atoms with Gasteiger partial charge in [0.15, 0.2) is 53.0 Å². The summed E-state index contributed by atoms with van der Waals surface area (Å²) in [6.45, 7) is 8.61. The third kappa shape index (κ3) is 23.6. The molecule has 0 spiro atoms. The molecule has 41 heteroatoms. The van der Waals surface area contributed by atoms with E-state index in [0.717, 1.165) is 150 Å². The van der Waals surface area contributed by atoms with E-state index in [2.05, 4.69) is 186 Å². The summed E-state index contributed by atoms with van der Waals surface area (Å²) >= 11 is 25.3. The molecule has 626 valence electrons. The van der Waals surface area contributed by atoms with E-state index in [1.165, 1.54) is 24.8 Å². The first kappa shape index (κ1) is 88.4. The molecule has 1 aliphatic rings. The minimum absolute atomic E-state index is 0.0391. The number of aromatic nitrogens is 19. The first-order chi connectivity index (χ1) is 58.3. The summed E-state index contributed by atoms with van der Waals surface area (Å²) in [6, 6.07) is 31.6. The maximum Gasteiger partial charge on any atom is 0.314 e. The van der Waals surface area contributed by atoms with Crippen LogP contribution in [0.15, 0.2) is 211 Å². The number of likely N-dealkylation sites (tertiary alicyclic amines) is 1. The average Bonchev–Trinajstić information content (AvgIpc) is 1.66. The predicted molar refractivity (Wildman–Crippen MR) is 482 cm³/mol. The molecule has 0 aliphatic carbocycles. The van der Waals surface area contributed by atoms with Crippen LogP contribution in [0.1, 0.15) is 74.6 Å². The van der Waals surface area contributed by atoms with Gasteiger partial charge in [0, 0.05) is 135 Å². The Morgan fingerprint density at radius 3 is 1.43 bits per heavy atom.